The first-order valence-corrected chi connectivity index (χ1v) is 6.28. The summed E-state index contributed by atoms with van der Waals surface area (Å²) in [5, 5.41) is 30.8. The minimum absolute atomic E-state index is 0.0109. The Balaban J connectivity index is 2.36. The van der Waals surface area contributed by atoms with Gasteiger partial charge in [0.1, 0.15) is 17.2 Å². The predicted molar refractivity (Wildman–Crippen MR) is 72.5 cm³/mol. The highest BCUT2D eigenvalue weighted by Gasteiger charge is 2.28. The van der Waals surface area contributed by atoms with Crippen molar-refractivity contribution < 1.29 is 24.9 Å². The van der Waals surface area contributed by atoms with Crippen LogP contribution in [0.1, 0.15) is 22.3 Å². The molecule has 3 N–H and O–H groups in total. The molecule has 0 heterocycles. The number of methoxy groups -OCH3 is 1. The molecule has 1 aliphatic carbocycles. The monoisotopic (exact) mass is 274 g/mol. The first-order valence-electron chi connectivity index (χ1n) is 6.28. The number of benzene rings is 2. The van der Waals surface area contributed by atoms with Crippen molar-refractivity contribution in [3.05, 3.63) is 29.3 Å². The van der Waals surface area contributed by atoms with Gasteiger partial charge in [0.05, 0.1) is 24.2 Å². The standard InChI is InChI=1S/C15H14O5/c1-20-10-4-8-2-7-3-9(16)5-11(17)13(7)15(19)14(8)12(18)6-10/h2,4,6,9,16,18-19H,3,5H2,1H3. The van der Waals surface area contributed by atoms with Crippen molar-refractivity contribution in [3.63, 3.8) is 0 Å². The van der Waals surface area contributed by atoms with Crippen molar-refractivity contribution in [1.29, 1.82) is 0 Å². The van der Waals surface area contributed by atoms with Crippen molar-refractivity contribution in [2.45, 2.75) is 18.9 Å². The van der Waals surface area contributed by atoms with E-state index >= 15 is 0 Å². The molecule has 1 aliphatic rings. The van der Waals surface area contributed by atoms with Crippen LogP contribution in [0.5, 0.6) is 17.2 Å². The third-order valence-electron chi connectivity index (χ3n) is 3.64. The zero-order valence-electron chi connectivity index (χ0n) is 10.9. The van der Waals surface area contributed by atoms with Gasteiger partial charge >= 0.3 is 0 Å². The Morgan fingerprint density at radius 2 is 1.95 bits per heavy atom. The molecule has 0 saturated carbocycles. The SMILES string of the molecule is COc1cc(O)c2c(O)c3c(cc2c1)CC(O)CC3=O. The smallest absolute Gasteiger partial charge is 0.169 e. The van der Waals surface area contributed by atoms with Gasteiger partial charge in [-0.1, -0.05) is 0 Å². The van der Waals surface area contributed by atoms with Crippen LogP contribution in [0, 0.1) is 0 Å². The maximum Gasteiger partial charge on any atom is 0.169 e. The van der Waals surface area contributed by atoms with E-state index in [2.05, 4.69) is 0 Å². The largest absolute Gasteiger partial charge is 0.507 e. The molecule has 5 heteroatoms. The number of hydrogen-bond acceptors (Lipinski definition) is 5. The lowest BCUT2D eigenvalue weighted by atomic mass is 9.85. The average Bonchev–Trinajstić information content (AvgIpc) is 2.36. The molecule has 1 atom stereocenters. The second kappa shape index (κ2) is 4.38. The van der Waals surface area contributed by atoms with Crippen LogP contribution >= 0.6 is 0 Å². The summed E-state index contributed by atoms with van der Waals surface area (Å²) < 4.78 is 5.07. The average molecular weight is 274 g/mol. The lowest BCUT2D eigenvalue weighted by molar-refractivity contribution is 0.0850. The van der Waals surface area contributed by atoms with Crippen molar-refractivity contribution in [1.82, 2.24) is 0 Å². The van der Waals surface area contributed by atoms with Gasteiger partial charge in [-0.3, -0.25) is 4.79 Å². The lowest BCUT2D eigenvalue weighted by Gasteiger charge is -2.22. The highest BCUT2D eigenvalue weighted by Crippen LogP contribution is 2.42. The number of hydrogen-bond donors (Lipinski definition) is 3. The van der Waals surface area contributed by atoms with Gasteiger partial charge in [0.15, 0.2) is 5.78 Å². The molecule has 0 fully saturated rings. The third kappa shape index (κ3) is 1.78. The van der Waals surface area contributed by atoms with E-state index in [1.54, 1.807) is 12.1 Å². The molecule has 0 bridgehead atoms. The number of phenolic OH excluding ortho intramolecular Hbond substituents is 2. The number of rotatable bonds is 1. The quantitative estimate of drug-likeness (QED) is 0.737. The van der Waals surface area contributed by atoms with Crippen LogP contribution in [-0.2, 0) is 6.42 Å². The van der Waals surface area contributed by atoms with E-state index in [-0.39, 0.29) is 34.7 Å². The highest BCUT2D eigenvalue weighted by molar-refractivity contribution is 6.08. The highest BCUT2D eigenvalue weighted by atomic mass is 16.5. The van der Waals surface area contributed by atoms with Gasteiger partial charge in [-0.2, -0.15) is 0 Å². The van der Waals surface area contributed by atoms with Gasteiger partial charge in [0, 0.05) is 12.5 Å². The molecule has 3 rings (SSSR count). The number of carbonyl (C=O) groups is 1. The second-order valence-corrected chi connectivity index (χ2v) is 4.99. The zero-order valence-corrected chi connectivity index (χ0v) is 10.9. The maximum absolute atomic E-state index is 12.0. The van der Waals surface area contributed by atoms with Crippen LogP contribution in [0.25, 0.3) is 10.8 Å². The topological polar surface area (TPSA) is 87.0 Å². The number of ether oxygens (including phenoxy) is 1. The second-order valence-electron chi connectivity index (χ2n) is 4.99. The van der Waals surface area contributed by atoms with Crippen LogP contribution in [0.4, 0.5) is 0 Å². The summed E-state index contributed by atoms with van der Waals surface area (Å²) >= 11 is 0. The summed E-state index contributed by atoms with van der Waals surface area (Å²) in [4.78, 5) is 12.0. The molecule has 2 aromatic carbocycles. The molecule has 0 radical (unpaired) electrons. The van der Waals surface area contributed by atoms with Crippen molar-refractivity contribution in [2.75, 3.05) is 7.11 Å². The van der Waals surface area contributed by atoms with Gasteiger partial charge in [-0.15, -0.1) is 0 Å². The van der Waals surface area contributed by atoms with Gasteiger partial charge in [0.25, 0.3) is 0 Å². The van der Waals surface area contributed by atoms with Gasteiger partial charge < -0.3 is 20.1 Å². The Hall–Kier alpha value is -2.27. The van der Waals surface area contributed by atoms with Crippen LogP contribution in [0.15, 0.2) is 18.2 Å². The Kier molecular flexibility index (Phi) is 2.79. The fourth-order valence-electron chi connectivity index (χ4n) is 2.76. The zero-order chi connectivity index (χ0) is 14.4. The summed E-state index contributed by atoms with van der Waals surface area (Å²) in [6.45, 7) is 0. The lowest BCUT2D eigenvalue weighted by Crippen LogP contribution is -2.24. The summed E-state index contributed by atoms with van der Waals surface area (Å²) in [6, 6.07) is 4.75. The van der Waals surface area contributed by atoms with E-state index in [0.29, 0.717) is 23.1 Å². The Morgan fingerprint density at radius 1 is 1.20 bits per heavy atom. The number of fused-ring (bicyclic) bond motifs is 2. The molecule has 0 aromatic heterocycles. The van der Waals surface area contributed by atoms with Crippen LogP contribution < -0.4 is 4.74 Å². The molecule has 0 amide bonds. The molecule has 104 valence electrons. The first kappa shape index (κ1) is 12.7. The Bertz CT molecular complexity index is 720. The third-order valence-corrected chi connectivity index (χ3v) is 3.64. The van der Waals surface area contributed by atoms with Crippen LogP contribution in [-0.4, -0.2) is 34.3 Å². The molecular weight excluding hydrogens is 260 g/mol. The normalized spacial score (nSPS) is 18.1. The summed E-state index contributed by atoms with van der Waals surface area (Å²) in [7, 11) is 1.48. The van der Waals surface area contributed by atoms with E-state index in [1.807, 2.05) is 0 Å². The summed E-state index contributed by atoms with van der Waals surface area (Å²) in [5.74, 6) is -0.224. The Labute approximate surface area is 115 Å². The van der Waals surface area contributed by atoms with Crippen LogP contribution in [0.3, 0.4) is 0 Å². The number of aliphatic hydroxyl groups excluding tert-OH is 1. The molecule has 1 unspecified atom stereocenters. The van der Waals surface area contributed by atoms with E-state index in [0.717, 1.165) is 0 Å². The van der Waals surface area contributed by atoms with Crippen LogP contribution in [0.2, 0.25) is 0 Å². The van der Waals surface area contributed by atoms with Gasteiger partial charge in [0.2, 0.25) is 0 Å². The fraction of sp³-hybridized carbons (Fsp3) is 0.267. The number of carbonyl (C=O) groups excluding carboxylic acids is 1. The maximum atomic E-state index is 12.0. The molecule has 0 spiro atoms. The van der Waals surface area contributed by atoms with E-state index in [1.165, 1.54) is 13.2 Å². The number of Topliss-reactive ketones (excluding diaryl/α,β-unsaturated/α-hetero) is 1. The predicted octanol–water partition coefficient (Wildman–Crippen LogP) is 1.75. The molecule has 0 saturated heterocycles. The molecule has 20 heavy (non-hydrogen) atoms. The molecule has 0 aliphatic heterocycles. The van der Waals surface area contributed by atoms with Crippen molar-refractivity contribution >= 4 is 16.6 Å². The van der Waals surface area contributed by atoms with Crippen molar-refractivity contribution in [2.24, 2.45) is 0 Å². The van der Waals surface area contributed by atoms with E-state index < -0.39 is 6.10 Å². The van der Waals surface area contributed by atoms with Crippen molar-refractivity contribution in [3.8, 4) is 17.2 Å². The Morgan fingerprint density at radius 3 is 2.65 bits per heavy atom. The van der Waals surface area contributed by atoms with E-state index in [4.69, 9.17) is 4.74 Å². The number of phenols is 2. The number of ketones is 1. The molecular formula is C15H14O5. The summed E-state index contributed by atoms with van der Waals surface area (Å²) in [5.41, 5.74) is 0.787. The van der Waals surface area contributed by atoms with Gasteiger partial charge in [-0.05, 0) is 29.5 Å². The number of aromatic hydroxyl groups is 2. The minimum Gasteiger partial charge on any atom is -0.507 e. The number of aliphatic hydroxyl groups is 1. The fourth-order valence-corrected chi connectivity index (χ4v) is 2.76. The molecule has 2 aromatic rings. The minimum atomic E-state index is -0.731. The van der Waals surface area contributed by atoms with Gasteiger partial charge in [-0.25, -0.2) is 0 Å². The first-order chi connectivity index (χ1) is 9.51. The summed E-state index contributed by atoms with van der Waals surface area (Å²) in [6.07, 6.45) is -0.433. The molecule has 5 nitrogen and oxygen atoms in total. The van der Waals surface area contributed by atoms with E-state index in [9.17, 15) is 20.1 Å².